The molecule has 1 heterocycles. The number of carboxylic acids is 1. The molecule has 1 saturated heterocycles. The molecule has 2 rings (SSSR count). The van der Waals surface area contributed by atoms with Crippen LogP contribution in [0.15, 0.2) is 30.3 Å². The van der Waals surface area contributed by atoms with Crippen molar-refractivity contribution in [3.05, 3.63) is 35.9 Å². The molecular weight excluding hydrogens is 608 g/mol. The van der Waals surface area contributed by atoms with Crippen molar-refractivity contribution in [2.75, 3.05) is 26.2 Å². The average Bonchev–Trinajstić information content (AvgIpc) is 3.00. The van der Waals surface area contributed by atoms with Crippen molar-refractivity contribution < 1.29 is 43.3 Å². The maximum absolute atomic E-state index is 13.1. The number of amides is 4. The van der Waals surface area contributed by atoms with Crippen LogP contribution >= 0.6 is 0 Å². The molecule has 2 atom stereocenters. The van der Waals surface area contributed by atoms with E-state index in [-0.39, 0.29) is 38.1 Å². The standard InChI is InChI=1S/C34H52N4O9/c1-7-37(28(40)15-11-14-24-16-18-38(19-17-24)33(45)47-34(4,5)6)21-27(39)35-26(31(42)36-30(23(2)3)32(43)44)20-29(41)46-22-25-12-9-8-10-13-25/h8-10,12-13,23-24,26,30H,7,11,14-22H2,1-6H3,(H,35,39)(H,36,42)(H,43,44)/t26-,30+/m0/s1. The first-order valence-electron chi connectivity index (χ1n) is 16.4. The summed E-state index contributed by atoms with van der Waals surface area (Å²) in [7, 11) is 0. The summed E-state index contributed by atoms with van der Waals surface area (Å²) >= 11 is 0. The maximum atomic E-state index is 13.1. The van der Waals surface area contributed by atoms with Crippen molar-refractivity contribution in [1.82, 2.24) is 20.4 Å². The Morgan fingerprint density at radius 1 is 1.02 bits per heavy atom. The Kier molecular flexibility index (Phi) is 15.7. The monoisotopic (exact) mass is 660 g/mol. The Morgan fingerprint density at radius 2 is 1.66 bits per heavy atom. The van der Waals surface area contributed by atoms with Crippen molar-refractivity contribution in [1.29, 1.82) is 0 Å². The fraction of sp³-hybridized carbons (Fsp3) is 0.647. The van der Waals surface area contributed by atoms with Crippen LogP contribution < -0.4 is 10.6 Å². The van der Waals surface area contributed by atoms with Crippen LogP contribution in [0.3, 0.4) is 0 Å². The fourth-order valence-electron chi connectivity index (χ4n) is 5.16. The molecule has 0 saturated carbocycles. The molecule has 4 amide bonds. The molecule has 13 heteroatoms. The van der Waals surface area contributed by atoms with Gasteiger partial charge < -0.3 is 35.0 Å². The molecule has 262 valence electrons. The number of piperidine rings is 1. The van der Waals surface area contributed by atoms with Crippen molar-refractivity contribution in [2.24, 2.45) is 11.8 Å². The highest BCUT2D eigenvalue weighted by atomic mass is 16.6. The second-order valence-electron chi connectivity index (χ2n) is 13.2. The molecule has 13 nitrogen and oxygen atoms in total. The van der Waals surface area contributed by atoms with E-state index in [2.05, 4.69) is 10.6 Å². The summed E-state index contributed by atoms with van der Waals surface area (Å²) in [6.45, 7) is 11.6. The molecule has 47 heavy (non-hydrogen) atoms. The molecule has 0 radical (unpaired) electrons. The summed E-state index contributed by atoms with van der Waals surface area (Å²) in [5.74, 6) is -3.81. The van der Waals surface area contributed by atoms with E-state index in [0.717, 1.165) is 24.8 Å². The van der Waals surface area contributed by atoms with Gasteiger partial charge in [-0.15, -0.1) is 0 Å². The van der Waals surface area contributed by atoms with Crippen LogP contribution in [-0.4, -0.2) is 94.5 Å². The van der Waals surface area contributed by atoms with E-state index in [9.17, 15) is 33.9 Å². The quantitative estimate of drug-likeness (QED) is 0.225. The third-order valence-electron chi connectivity index (χ3n) is 7.83. The van der Waals surface area contributed by atoms with Gasteiger partial charge in [0.15, 0.2) is 0 Å². The van der Waals surface area contributed by atoms with Crippen molar-refractivity contribution in [2.45, 2.75) is 104 Å². The third-order valence-corrected chi connectivity index (χ3v) is 7.83. The third kappa shape index (κ3) is 14.4. The molecule has 0 aliphatic carbocycles. The first-order valence-corrected chi connectivity index (χ1v) is 16.4. The molecule has 0 spiro atoms. The zero-order valence-electron chi connectivity index (χ0n) is 28.6. The second-order valence-corrected chi connectivity index (χ2v) is 13.2. The first kappa shape index (κ1) is 39.0. The maximum Gasteiger partial charge on any atom is 0.410 e. The number of nitrogens with zero attached hydrogens (tertiary/aromatic N) is 2. The Labute approximate surface area is 277 Å². The lowest BCUT2D eigenvalue weighted by Gasteiger charge is -2.33. The van der Waals surface area contributed by atoms with Gasteiger partial charge in [0.25, 0.3) is 0 Å². The Hall–Kier alpha value is -4.16. The number of likely N-dealkylation sites (N-methyl/N-ethyl adjacent to an activating group) is 1. The highest BCUT2D eigenvalue weighted by molar-refractivity contribution is 5.94. The van der Waals surface area contributed by atoms with E-state index in [1.165, 1.54) is 4.90 Å². The van der Waals surface area contributed by atoms with Gasteiger partial charge in [-0.05, 0) is 70.8 Å². The predicted molar refractivity (Wildman–Crippen MR) is 174 cm³/mol. The number of benzene rings is 1. The number of carboxylic acid groups (broad SMARTS) is 1. The van der Waals surface area contributed by atoms with E-state index in [4.69, 9.17) is 9.47 Å². The average molecular weight is 661 g/mol. The number of carbonyl (C=O) groups excluding carboxylic acids is 5. The van der Waals surface area contributed by atoms with Crippen LogP contribution in [0.1, 0.15) is 85.6 Å². The van der Waals surface area contributed by atoms with Gasteiger partial charge in [0.2, 0.25) is 17.7 Å². The molecule has 0 unspecified atom stereocenters. The Bertz CT molecular complexity index is 1210. The SMILES string of the molecule is CCN(CC(=O)N[C@@H](CC(=O)OCc1ccccc1)C(=O)N[C@@H](C(=O)O)C(C)C)C(=O)CCCC1CCN(C(=O)OC(C)(C)C)CC1. The van der Waals surface area contributed by atoms with Crippen LogP contribution in [0, 0.1) is 11.8 Å². The topological polar surface area (TPSA) is 172 Å². The van der Waals surface area contributed by atoms with Crippen molar-refractivity contribution in [3.8, 4) is 0 Å². The van der Waals surface area contributed by atoms with Gasteiger partial charge in [-0.1, -0.05) is 44.2 Å². The number of hydrogen-bond donors (Lipinski definition) is 3. The minimum Gasteiger partial charge on any atom is -0.480 e. The molecule has 3 N–H and O–H groups in total. The van der Waals surface area contributed by atoms with E-state index in [0.29, 0.717) is 25.4 Å². The summed E-state index contributed by atoms with van der Waals surface area (Å²) in [5, 5.41) is 14.4. The van der Waals surface area contributed by atoms with Crippen LogP contribution in [0.4, 0.5) is 4.79 Å². The van der Waals surface area contributed by atoms with Crippen LogP contribution in [0.5, 0.6) is 0 Å². The van der Waals surface area contributed by atoms with Crippen LogP contribution in [0.2, 0.25) is 0 Å². The van der Waals surface area contributed by atoms with Gasteiger partial charge in [0.1, 0.15) is 24.3 Å². The van der Waals surface area contributed by atoms with Gasteiger partial charge in [-0.3, -0.25) is 19.2 Å². The summed E-state index contributed by atoms with van der Waals surface area (Å²) in [6, 6.07) is 6.28. The van der Waals surface area contributed by atoms with Gasteiger partial charge in [0.05, 0.1) is 13.0 Å². The second kappa shape index (κ2) is 18.9. The van der Waals surface area contributed by atoms with E-state index in [1.807, 2.05) is 26.8 Å². The molecule has 1 fully saturated rings. The minimum absolute atomic E-state index is 0.0350. The molecule has 1 aliphatic rings. The van der Waals surface area contributed by atoms with Gasteiger partial charge in [-0.25, -0.2) is 9.59 Å². The van der Waals surface area contributed by atoms with Crippen molar-refractivity contribution >= 4 is 35.8 Å². The van der Waals surface area contributed by atoms with E-state index in [1.54, 1.807) is 49.9 Å². The van der Waals surface area contributed by atoms with Gasteiger partial charge >= 0.3 is 18.0 Å². The molecule has 0 aromatic heterocycles. The number of aliphatic carboxylic acids is 1. The van der Waals surface area contributed by atoms with Crippen LogP contribution in [0.25, 0.3) is 0 Å². The Balaban J connectivity index is 1.91. The number of nitrogens with one attached hydrogen (secondary N) is 2. The van der Waals surface area contributed by atoms with Crippen molar-refractivity contribution in [3.63, 3.8) is 0 Å². The van der Waals surface area contributed by atoms with E-state index >= 15 is 0 Å². The molecule has 1 aromatic rings. The fourth-order valence-corrected chi connectivity index (χ4v) is 5.16. The summed E-state index contributed by atoms with van der Waals surface area (Å²) in [5.41, 5.74) is 0.190. The highest BCUT2D eigenvalue weighted by Crippen LogP contribution is 2.24. The lowest BCUT2D eigenvalue weighted by atomic mass is 9.91. The number of ether oxygens (including phenoxy) is 2. The smallest absolute Gasteiger partial charge is 0.410 e. The number of likely N-dealkylation sites (tertiary alicyclic amines) is 1. The summed E-state index contributed by atoms with van der Waals surface area (Å²) < 4.78 is 10.7. The summed E-state index contributed by atoms with van der Waals surface area (Å²) in [6.07, 6.45) is 2.48. The molecular formula is C34H52N4O9. The number of hydrogen-bond acceptors (Lipinski definition) is 8. The lowest BCUT2D eigenvalue weighted by Crippen LogP contribution is -2.55. The number of rotatable bonds is 16. The molecule has 1 aliphatic heterocycles. The number of esters is 1. The zero-order chi connectivity index (χ0) is 35.1. The molecule has 1 aromatic carbocycles. The normalized spacial score (nSPS) is 14.9. The number of carbonyl (C=O) groups is 6. The van der Waals surface area contributed by atoms with Crippen LogP contribution in [-0.2, 0) is 40.1 Å². The first-order chi connectivity index (χ1) is 22.1. The predicted octanol–water partition coefficient (Wildman–Crippen LogP) is 3.50. The highest BCUT2D eigenvalue weighted by Gasteiger charge is 2.31. The largest absolute Gasteiger partial charge is 0.480 e. The zero-order valence-corrected chi connectivity index (χ0v) is 28.6. The Morgan fingerprint density at radius 3 is 2.21 bits per heavy atom. The van der Waals surface area contributed by atoms with Gasteiger partial charge in [0, 0.05) is 26.1 Å². The lowest BCUT2D eigenvalue weighted by molar-refractivity contribution is -0.148. The van der Waals surface area contributed by atoms with Gasteiger partial charge in [-0.2, -0.15) is 0 Å². The molecule has 0 bridgehead atoms. The summed E-state index contributed by atoms with van der Waals surface area (Å²) in [4.78, 5) is 78.9. The minimum atomic E-state index is -1.41. The van der Waals surface area contributed by atoms with E-state index < -0.39 is 53.8 Å².